The van der Waals surface area contributed by atoms with E-state index in [0.717, 1.165) is 21.9 Å². The first kappa shape index (κ1) is 20.5. The predicted molar refractivity (Wildman–Crippen MR) is 113 cm³/mol. The van der Waals surface area contributed by atoms with Gasteiger partial charge in [0.15, 0.2) is 0 Å². The van der Waals surface area contributed by atoms with Gasteiger partial charge < -0.3 is 10.1 Å². The molecule has 0 saturated heterocycles. The number of nitrogens with zero attached hydrogens (tertiary/aromatic N) is 4. The maximum absolute atomic E-state index is 13.3. The van der Waals surface area contributed by atoms with Gasteiger partial charge in [-0.2, -0.15) is 0 Å². The summed E-state index contributed by atoms with van der Waals surface area (Å²) < 4.78 is 21.4. The van der Waals surface area contributed by atoms with Crippen LogP contribution in [0.1, 0.15) is 11.1 Å². The second-order valence-corrected chi connectivity index (χ2v) is 7.38. The zero-order chi connectivity index (χ0) is 22.1. The molecular weight excluding hydrogens is 425 g/mol. The monoisotopic (exact) mass is 441 g/mol. The van der Waals surface area contributed by atoms with Crippen molar-refractivity contribution >= 4 is 28.8 Å². The van der Waals surface area contributed by atoms with E-state index in [1.807, 2.05) is 32.0 Å². The lowest BCUT2D eigenvalue weighted by atomic mass is 10.1. The summed E-state index contributed by atoms with van der Waals surface area (Å²) in [4.78, 5) is 29.2. The van der Waals surface area contributed by atoms with Gasteiger partial charge in [-0.1, -0.05) is 17.7 Å². The highest BCUT2D eigenvalue weighted by Crippen LogP contribution is 2.24. The summed E-state index contributed by atoms with van der Waals surface area (Å²) >= 11 is 5.72. The summed E-state index contributed by atoms with van der Waals surface area (Å²) in [5, 5.41) is 6.63. The van der Waals surface area contributed by atoms with Gasteiger partial charge in [0.2, 0.25) is 11.6 Å². The average Bonchev–Trinajstić information content (AvgIpc) is 3.01. The van der Waals surface area contributed by atoms with E-state index in [2.05, 4.69) is 15.4 Å². The van der Waals surface area contributed by atoms with Crippen LogP contribution >= 0.6 is 11.6 Å². The van der Waals surface area contributed by atoms with Crippen LogP contribution in [0.4, 0.5) is 10.1 Å². The smallest absolute Gasteiger partial charge is 0.351 e. The zero-order valence-corrected chi connectivity index (χ0v) is 17.4. The predicted octanol–water partition coefficient (Wildman–Crippen LogP) is 3.73. The Balaban J connectivity index is 1.60. The molecule has 0 fully saturated rings. The molecule has 0 aliphatic rings. The molecule has 4 aromatic rings. The Hall–Kier alpha value is -3.72. The molecule has 4 rings (SSSR count). The Bertz CT molecular complexity index is 1340. The Labute approximate surface area is 180 Å². The molecule has 0 spiro atoms. The molecule has 10 heteroatoms. The van der Waals surface area contributed by atoms with Crippen LogP contribution in [-0.2, 0) is 11.3 Å². The van der Waals surface area contributed by atoms with Crippen molar-refractivity contribution in [1.29, 1.82) is 0 Å². The van der Waals surface area contributed by atoms with E-state index in [1.54, 1.807) is 0 Å². The van der Waals surface area contributed by atoms with Gasteiger partial charge in [-0.05, 0) is 55.3 Å². The Morgan fingerprint density at radius 1 is 1.19 bits per heavy atom. The number of amides is 1. The summed E-state index contributed by atoms with van der Waals surface area (Å²) in [5.74, 6) is -0.432. The van der Waals surface area contributed by atoms with E-state index in [9.17, 15) is 14.0 Å². The molecule has 0 atom stereocenters. The molecule has 0 aliphatic carbocycles. The van der Waals surface area contributed by atoms with Crippen LogP contribution in [-0.4, -0.2) is 25.1 Å². The molecule has 31 heavy (non-hydrogen) atoms. The topological polar surface area (TPSA) is 90.5 Å². The number of halogens is 2. The van der Waals surface area contributed by atoms with Crippen molar-refractivity contribution in [2.45, 2.75) is 20.4 Å². The fraction of sp³-hybridized carbons (Fsp3) is 0.143. The zero-order valence-electron chi connectivity index (χ0n) is 16.6. The quantitative estimate of drug-likeness (QED) is 0.509. The van der Waals surface area contributed by atoms with Crippen LogP contribution in [0.2, 0.25) is 5.02 Å². The number of fused-ring (bicyclic) bond motifs is 1. The molecule has 2 aromatic carbocycles. The van der Waals surface area contributed by atoms with Crippen molar-refractivity contribution in [2.24, 2.45) is 0 Å². The molecule has 1 amide bonds. The lowest BCUT2D eigenvalue weighted by Gasteiger charge is -2.07. The lowest BCUT2D eigenvalue weighted by molar-refractivity contribution is -0.117. The number of hydrogen-bond donors (Lipinski definition) is 1. The van der Waals surface area contributed by atoms with E-state index in [4.69, 9.17) is 16.3 Å². The molecule has 158 valence electrons. The van der Waals surface area contributed by atoms with E-state index in [0.29, 0.717) is 11.4 Å². The van der Waals surface area contributed by atoms with Gasteiger partial charge in [0.25, 0.3) is 5.88 Å². The van der Waals surface area contributed by atoms with Gasteiger partial charge >= 0.3 is 5.69 Å². The Kier molecular flexibility index (Phi) is 5.43. The summed E-state index contributed by atoms with van der Waals surface area (Å²) in [6, 6.07) is 9.47. The first-order valence-corrected chi connectivity index (χ1v) is 9.63. The summed E-state index contributed by atoms with van der Waals surface area (Å²) in [7, 11) is 0. The number of anilines is 1. The van der Waals surface area contributed by atoms with Gasteiger partial charge in [0.05, 0.1) is 5.02 Å². The third kappa shape index (κ3) is 4.41. The van der Waals surface area contributed by atoms with Crippen LogP contribution < -0.4 is 15.7 Å². The number of nitrogens with one attached hydrogen (secondary N) is 1. The van der Waals surface area contributed by atoms with E-state index < -0.39 is 17.4 Å². The molecule has 2 aromatic heterocycles. The SMILES string of the molecule is Cc1cc(C)cc(Oc2nccn3c(=O)n(CC(=O)Nc4ccc(F)c(Cl)c4)nc23)c1. The van der Waals surface area contributed by atoms with Crippen molar-refractivity contribution in [2.75, 3.05) is 5.32 Å². The normalized spacial score (nSPS) is 11.0. The van der Waals surface area contributed by atoms with E-state index in [1.165, 1.54) is 28.9 Å². The third-order valence-corrected chi connectivity index (χ3v) is 4.67. The van der Waals surface area contributed by atoms with Gasteiger partial charge in [0.1, 0.15) is 18.1 Å². The van der Waals surface area contributed by atoms with Gasteiger partial charge in [-0.15, -0.1) is 5.10 Å². The number of carbonyl (C=O) groups is 1. The molecule has 8 nitrogen and oxygen atoms in total. The largest absolute Gasteiger partial charge is 0.436 e. The van der Waals surface area contributed by atoms with E-state index in [-0.39, 0.29) is 23.1 Å². The molecule has 1 N–H and O–H groups in total. The van der Waals surface area contributed by atoms with Crippen LogP contribution in [0.25, 0.3) is 5.65 Å². The number of aryl methyl sites for hydroxylation is 2. The van der Waals surface area contributed by atoms with Crippen LogP contribution in [0.15, 0.2) is 53.6 Å². The van der Waals surface area contributed by atoms with Crippen molar-refractivity contribution in [3.05, 3.63) is 81.2 Å². The maximum Gasteiger partial charge on any atom is 0.351 e. The third-order valence-electron chi connectivity index (χ3n) is 4.38. The molecule has 0 bridgehead atoms. The highest BCUT2D eigenvalue weighted by Gasteiger charge is 2.16. The summed E-state index contributed by atoms with van der Waals surface area (Å²) in [5.41, 5.74) is 1.97. The number of benzene rings is 2. The second-order valence-electron chi connectivity index (χ2n) is 6.97. The summed E-state index contributed by atoms with van der Waals surface area (Å²) in [6.07, 6.45) is 2.85. The number of carbonyl (C=O) groups excluding carboxylic acids is 1. The minimum Gasteiger partial charge on any atom is -0.436 e. The average molecular weight is 442 g/mol. The van der Waals surface area contributed by atoms with Gasteiger partial charge in [-0.3, -0.25) is 4.79 Å². The fourth-order valence-electron chi connectivity index (χ4n) is 3.11. The Morgan fingerprint density at radius 3 is 2.65 bits per heavy atom. The number of rotatable bonds is 5. The first-order chi connectivity index (χ1) is 14.8. The molecule has 0 saturated carbocycles. The molecule has 0 radical (unpaired) electrons. The standard InChI is InChI=1S/C21H17ClFN5O3/c1-12-7-13(2)9-15(8-12)31-20-19-26-28(21(30)27(19)6-5-24-20)11-18(29)25-14-3-4-17(23)16(22)10-14/h3-10H,11H2,1-2H3,(H,25,29). The number of aromatic nitrogens is 4. The van der Waals surface area contributed by atoms with E-state index >= 15 is 0 Å². The number of ether oxygens (including phenoxy) is 1. The highest BCUT2D eigenvalue weighted by atomic mass is 35.5. The maximum atomic E-state index is 13.3. The van der Waals surface area contributed by atoms with Crippen LogP contribution in [0.3, 0.4) is 0 Å². The van der Waals surface area contributed by atoms with Gasteiger partial charge in [-0.25, -0.2) is 23.3 Å². The Morgan fingerprint density at radius 2 is 1.94 bits per heavy atom. The van der Waals surface area contributed by atoms with Crippen LogP contribution in [0.5, 0.6) is 11.6 Å². The number of hydrogen-bond acceptors (Lipinski definition) is 5. The summed E-state index contributed by atoms with van der Waals surface area (Å²) in [6.45, 7) is 3.53. The molecule has 2 heterocycles. The molecular formula is C21H17ClFN5O3. The highest BCUT2D eigenvalue weighted by molar-refractivity contribution is 6.31. The minimum atomic E-state index is -0.597. The second kappa shape index (κ2) is 8.19. The van der Waals surface area contributed by atoms with Crippen molar-refractivity contribution in [3.63, 3.8) is 0 Å². The van der Waals surface area contributed by atoms with Crippen molar-refractivity contribution < 1.29 is 13.9 Å². The van der Waals surface area contributed by atoms with Crippen molar-refractivity contribution in [1.82, 2.24) is 19.2 Å². The molecule has 0 unspecified atom stereocenters. The molecule has 0 aliphatic heterocycles. The fourth-order valence-corrected chi connectivity index (χ4v) is 3.30. The van der Waals surface area contributed by atoms with Gasteiger partial charge in [0, 0.05) is 18.1 Å². The first-order valence-electron chi connectivity index (χ1n) is 9.25. The van der Waals surface area contributed by atoms with Crippen molar-refractivity contribution in [3.8, 4) is 11.6 Å². The minimum absolute atomic E-state index is 0.123. The van der Waals surface area contributed by atoms with Crippen LogP contribution in [0, 0.1) is 19.7 Å². The lowest BCUT2D eigenvalue weighted by Crippen LogP contribution is -2.28.